The summed E-state index contributed by atoms with van der Waals surface area (Å²) in [6, 6.07) is 6.26. The van der Waals surface area contributed by atoms with Crippen LogP contribution in [0.25, 0.3) is 0 Å². The number of nitrogens with one attached hydrogen (secondary N) is 2. The van der Waals surface area contributed by atoms with E-state index in [-0.39, 0.29) is 12.6 Å². The van der Waals surface area contributed by atoms with Crippen molar-refractivity contribution < 1.29 is 19.1 Å². The highest BCUT2D eigenvalue weighted by Crippen LogP contribution is 2.29. The van der Waals surface area contributed by atoms with Crippen molar-refractivity contribution in [3.63, 3.8) is 0 Å². The summed E-state index contributed by atoms with van der Waals surface area (Å²) in [5, 5.41) is 5.36. The second-order valence-electron chi connectivity index (χ2n) is 5.01. The van der Waals surface area contributed by atoms with Crippen molar-refractivity contribution in [1.29, 1.82) is 0 Å². The number of hydrogen-bond donors (Lipinski definition) is 2. The molecule has 0 bridgehead atoms. The first-order valence-electron chi connectivity index (χ1n) is 7.27. The molecule has 2 N–H and O–H groups in total. The lowest BCUT2D eigenvalue weighted by atomic mass is 9.95. The van der Waals surface area contributed by atoms with Crippen LogP contribution >= 0.6 is 0 Å². The fourth-order valence-corrected chi connectivity index (χ4v) is 2.33. The van der Waals surface area contributed by atoms with Gasteiger partial charge in [0.1, 0.15) is 12.4 Å². The van der Waals surface area contributed by atoms with E-state index in [1.807, 2.05) is 13.0 Å². The number of benzene rings is 1. The maximum atomic E-state index is 12.4. The summed E-state index contributed by atoms with van der Waals surface area (Å²) in [6.45, 7) is 3.71. The third-order valence-corrected chi connectivity index (χ3v) is 3.46. The van der Waals surface area contributed by atoms with Crippen molar-refractivity contribution in [3.8, 4) is 5.75 Å². The first kappa shape index (κ1) is 16.6. The Hall–Kier alpha value is -2.76. The second kappa shape index (κ2) is 7.49. The maximum Gasteiger partial charge on any atom is 0.338 e. The number of rotatable bonds is 5. The molecule has 122 valence electrons. The molecule has 23 heavy (non-hydrogen) atoms. The monoisotopic (exact) mass is 316 g/mol. The number of carbonyl (C=O) groups is 2. The third kappa shape index (κ3) is 3.91. The molecule has 0 saturated heterocycles. The molecule has 6 nitrogen and oxygen atoms in total. The zero-order valence-corrected chi connectivity index (χ0v) is 13.4. The van der Waals surface area contributed by atoms with E-state index >= 15 is 0 Å². The number of esters is 1. The van der Waals surface area contributed by atoms with Gasteiger partial charge in [0.05, 0.1) is 18.7 Å². The standard InChI is InChI=1S/C17H20N2O4/c1-4-5-9-23-16(20)14-11(2)18-17(21)19-15(14)12-7-6-8-13(10-12)22-3/h4-8,10,15H,9H2,1-3H3,(H2,18,19,21)/b5-4+/t15-/m1/s1. The second-order valence-corrected chi connectivity index (χ2v) is 5.01. The molecule has 6 heteroatoms. The predicted molar refractivity (Wildman–Crippen MR) is 85.9 cm³/mol. The van der Waals surface area contributed by atoms with Crippen molar-refractivity contribution >= 4 is 12.0 Å². The lowest BCUT2D eigenvalue weighted by molar-refractivity contribution is -0.138. The van der Waals surface area contributed by atoms with Gasteiger partial charge >= 0.3 is 12.0 Å². The molecule has 0 fully saturated rings. The molecule has 0 radical (unpaired) electrons. The van der Waals surface area contributed by atoms with Crippen LogP contribution in [0.1, 0.15) is 25.5 Å². The van der Waals surface area contributed by atoms with E-state index in [1.165, 1.54) is 0 Å². The molecular weight excluding hydrogens is 296 g/mol. The van der Waals surface area contributed by atoms with Crippen molar-refractivity contribution in [2.75, 3.05) is 13.7 Å². The van der Waals surface area contributed by atoms with Gasteiger partial charge in [-0.25, -0.2) is 9.59 Å². The van der Waals surface area contributed by atoms with E-state index < -0.39 is 12.0 Å². The molecular formula is C17H20N2O4. The summed E-state index contributed by atoms with van der Waals surface area (Å²) in [5.74, 6) is 0.176. The van der Waals surface area contributed by atoms with Gasteiger partial charge in [-0.1, -0.05) is 24.3 Å². The van der Waals surface area contributed by atoms with E-state index in [1.54, 1.807) is 44.4 Å². The number of allylic oxidation sites excluding steroid dienone is 2. The average molecular weight is 316 g/mol. The van der Waals surface area contributed by atoms with Gasteiger partial charge in [-0.15, -0.1) is 0 Å². The highest BCUT2D eigenvalue weighted by atomic mass is 16.5. The molecule has 0 aromatic heterocycles. The van der Waals surface area contributed by atoms with Crippen LogP contribution in [0.5, 0.6) is 5.75 Å². The van der Waals surface area contributed by atoms with Gasteiger partial charge < -0.3 is 20.1 Å². The van der Waals surface area contributed by atoms with Crippen LogP contribution in [0.2, 0.25) is 0 Å². The molecule has 1 aliphatic rings. The summed E-state index contributed by atoms with van der Waals surface area (Å²) < 4.78 is 10.4. The molecule has 1 aromatic rings. The molecule has 1 aliphatic heterocycles. The zero-order valence-electron chi connectivity index (χ0n) is 13.4. The predicted octanol–water partition coefficient (Wildman–Crippen LogP) is 2.44. The Balaban J connectivity index is 2.35. The van der Waals surface area contributed by atoms with Crippen LogP contribution < -0.4 is 15.4 Å². The van der Waals surface area contributed by atoms with Crippen molar-refractivity contribution in [3.05, 3.63) is 53.3 Å². The third-order valence-electron chi connectivity index (χ3n) is 3.46. The van der Waals surface area contributed by atoms with Crippen LogP contribution in [0.4, 0.5) is 4.79 Å². The molecule has 1 atom stereocenters. The zero-order chi connectivity index (χ0) is 16.8. The van der Waals surface area contributed by atoms with E-state index in [0.717, 1.165) is 5.56 Å². The van der Waals surface area contributed by atoms with Gasteiger partial charge in [-0.05, 0) is 31.5 Å². The SMILES string of the molecule is C/C=C/COC(=O)C1=C(C)NC(=O)N[C@@H]1c1cccc(OC)c1. The lowest BCUT2D eigenvalue weighted by Crippen LogP contribution is -2.45. The molecule has 2 rings (SSSR count). The summed E-state index contributed by atoms with van der Waals surface area (Å²) >= 11 is 0. The Bertz CT molecular complexity index is 664. The number of methoxy groups -OCH3 is 1. The number of carbonyl (C=O) groups excluding carboxylic acids is 2. The largest absolute Gasteiger partial charge is 0.497 e. The Morgan fingerprint density at radius 3 is 2.87 bits per heavy atom. The number of ether oxygens (including phenoxy) is 2. The minimum absolute atomic E-state index is 0.185. The van der Waals surface area contributed by atoms with E-state index in [0.29, 0.717) is 17.0 Å². The fraction of sp³-hybridized carbons (Fsp3) is 0.294. The van der Waals surface area contributed by atoms with E-state index in [4.69, 9.17) is 9.47 Å². The first-order chi connectivity index (χ1) is 11.1. The van der Waals surface area contributed by atoms with Gasteiger partial charge in [0.15, 0.2) is 0 Å². The fourth-order valence-electron chi connectivity index (χ4n) is 2.33. The molecule has 1 heterocycles. The maximum absolute atomic E-state index is 12.4. The molecule has 0 unspecified atom stereocenters. The summed E-state index contributed by atoms with van der Waals surface area (Å²) in [4.78, 5) is 24.2. The minimum Gasteiger partial charge on any atom is -0.497 e. The molecule has 0 aliphatic carbocycles. The van der Waals surface area contributed by atoms with Crippen molar-refractivity contribution in [2.24, 2.45) is 0 Å². The Morgan fingerprint density at radius 2 is 2.17 bits per heavy atom. The van der Waals surface area contributed by atoms with Crippen LogP contribution in [-0.4, -0.2) is 25.7 Å². The Kier molecular flexibility index (Phi) is 5.41. The van der Waals surface area contributed by atoms with Crippen LogP contribution in [0.3, 0.4) is 0 Å². The minimum atomic E-state index is -0.586. The quantitative estimate of drug-likeness (QED) is 0.646. The Morgan fingerprint density at radius 1 is 1.39 bits per heavy atom. The highest BCUT2D eigenvalue weighted by Gasteiger charge is 2.32. The molecule has 1 aromatic carbocycles. The Labute approximate surface area is 135 Å². The topological polar surface area (TPSA) is 76.7 Å². The normalized spacial score (nSPS) is 17.7. The van der Waals surface area contributed by atoms with Gasteiger partial charge in [0.25, 0.3) is 0 Å². The molecule has 2 amide bonds. The van der Waals surface area contributed by atoms with Gasteiger partial charge in [-0.3, -0.25) is 0 Å². The van der Waals surface area contributed by atoms with Gasteiger partial charge in [0, 0.05) is 5.70 Å². The average Bonchev–Trinajstić information content (AvgIpc) is 2.54. The van der Waals surface area contributed by atoms with Crippen molar-refractivity contribution in [2.45, 2.75) is 19.9 Å². The van der Waals surface area contributed by atoms with E-state index in [9.17, 15) is 9.59 Å². The first-order valence-corrected chi connectivity index (χ1v) is 7.27. The van der Waals surface area contributed by atoms with Crippen LogP contribution in [-0.2, 0) is 9.53 Å². The molecule has 0 spiro atoms. The van der Waals surface area contributed by atoms with Gasteiger partial charge in [0.2, 0.25) is 0 Å². The molecule has 0 saturated carbocycles. The summed E-state index contributed by atoms with van der Waals surface area (Å²) in [5.41, 5.74) is 1.60. The number of urea groups is 1. The van der Waals surface area contributed by atoms with Crippen LogP contribution in [0, 0.1) is 0 Å². The van der Waals surface area contributed by atoms with Gasteiger partial charge in [-0.2, -0.15) is 0 Å². The van der Waals surface area contributed by atoms with Crippen molar-refractivity contribution in [1.82, 2.24) is 10.6 Å². The smallest absolute Gasteiger partial charge is 0.338 e. The number of amides is 2. The highest BCUT2D eigenvalue weighted by molar-refractivity contribution is 5.95. The van der Waals surface area contributed by atoms with Crippen LogP contribution in [0.15, 0.2) is 47.7 Å². The number of hydrogen-bond acceptors (Lipinski definition) is 4. The summed E-state index contributed by atoms with van der Waals surface area (Å²) in [6.07, 6.45) is 3.54. The summed E-state index contributed by atoms with van der Waals surface area (Å²) in [7, 11) is 1.56. The lowest BCUT2D eigenvalue weighted by Gasteiger charge is -2.28. The van der Waals surface area contributed by atoms with E-state index in [2.05, 4.69) is 10.6 Å².